The van der Waals surface area contributed by atoms with Gasteiger partial charge >= 0.3 is 5.97 Å². The molecule has 3 aromatic rings. The third-order valence-corrected chi connectivity index (χ3v) is 10.3. The molecule has 11 heteroatoms. The summed E-state index contributed by atoms with van der Waals surface area (Å²) in [5.74, 6) is 0.257. The van der Waals surface area contributed by atoms with Crippen LogP contribution in [0.4, 0.5) is 0 Å². The third-order valence-electron chi connectivity index (χ3n) is 9.68. The van der Waals surface area contributed by atoms with Crippen molar-refractivity contribution in [2.75, 3.05) is 26.3 Å². The number of aliphatic carboxylic acids is 1. The van der Waals surface area contributed by atoms with E-state index in [0.29, 0.717) is 66.4 Å². The maximum Gasteiger partial charge on any atom is 0.303 e. The van der Waals surface area contributed by atoms with Gasteiger partial charge in [-0.1, -0.05) is 53.5 Å². The topological polar surface area (TPSA) is 108 Å². The van der Waals surface area contributed by atoms with Crippen LogP contribution in [0, 0.1) is 13.8 Å². The van der Waals surface area contributed by atoms with E-state index < -0.39 is 5.97 Å². The first-order valence-electron chi connectivity index (χ1n) is 17.2. The van der Waals surface area contributed by atoms with Gasteiger partial charge < -0.3 is 29.7 Å². The lowest BCUT2D eigenvalue weighted by Gasteiger charge is -2.45. The molecule has 2 N–H and O–H groups in total. The fraction of sp³-hybridized carbons (Fsp3) is 0.410. The van der Waals surface area contributed by atoms with Gasteiger partial charge in [0.15, 0.2) is 0 Å². The summed E-state index contributed by atoms with van der Waals surface area (Å²) in [6, 6.07) is 18.9. The van der Waals surface area contributed by atoms with Crippen LogP contribution in [-0.2, 0) is 20.9 Å². The molecule has 1 aliphatic carbocycles. The van der Waals surface area contributed by atoms with Crippen LogP contribution in [0.3, 0.4) is 0 Å². The van der Waals surface area contributed by atoms with Crippen LogP contribution < -0.4 is 14.8 Å². The van der Waals surface area contributed by atoms with E-state index in [4.69, 9.17) is 37.8 Å². The number of aryl methyl sites for hydroxylation is 2. The molecule has 2 bridgehead atoms. The SMILES string of the molecule is Cc1cc(Cl)c(OCCOc2ccc(C3=C(C(=O)N(Cc4ccccc4Cl)C4CC4)C4CN(C(=O)CCCC(=O)O)CC(C3)N4)cc2)cc1C. The van der Waals surface area contributed by atoms with E-state index in [1.54, 1.807) is 4.90 Å². The lowest BCUT2D eigenvalue weighted by atomic mass is 9.82. The summed E-state index contributed by atoms with van der Waals surface area (Å²) in [4.78, 5) is 42.7. The fourth-order valence-electron chi connectivity index (χ4n) is 6.77. The molecule has 2 unspecified atom stereocenters. The minimum Gasteiger partial charge on any atom is -0.490 e. The number of rotatable bonds is 14. The second-order valence-electron chi connectivity index (χ2n) is 13.4. The van der Waals surface area contributed by atoms with Gasteiger partial charge in [-0.25, -0.2) is 0 Å². The summed E-state index contributed by atoms with van der Waals surface area (Å²) < 4.78 is 11.9. The second-order valence-corrected chi connectivity index (χ2v) is 14.2. The van der Waals surface area contributed by atoms with Crippen LogP contribution in [0.2, 0.25) is 10.0 Å². The third kappa shape index (κ3) is 8.63. The van der Waals surface area contributed by atoms with E-state index in [-0.39, 0.29) is 49.2 Å². The first-order chi connectivity index (χ1) is 24.1. The van der Waals surface area contributed by atoms with E-state index in [2.05, 4.69) is 5.32 Å². The lowest BCUT2D eigenvalue weighted by molar-refractivity contribution is -0.138. The molecule has 9 nitrogen and oxygen atoms in total. The second kappa shape index (κ2) is 15.9. The highest BCUT2D eigenvalue weighted by atomic mass is 35.5. The highest BCUT2D eigenvalue weighted by molar-refractivity contribution is 6.32. The van der Waals surface area contributed by atoms with Crippen molar-refractivity contribution >= 4 is 46.6 Å². The predicted octanol–water partition coefficient (Wildman–Crippen LogP) is 6.84. The smallest absolute Gasteiger partial charge is 0.303 e. The summed E-state index contributed by atoms with van der Waals surface area (Å²) in [7, 11) is 0. The minimum atomic E-state index is -0.916. The summed E-state index contributed by atoms with van der Waals surface area (Å²) >= 11 is 12.9. The van der Waals surface area contributed by atoms with E-state index in [1.807, 2.05) is 79.4 Å². The summed E-state index contributed by atoms with van der Waals surface area (Å²) in [6.45, 7) is 5.92. The molecule has 264 valence electrons. The number of amides is 2. The molecule has 3 aromatic carbocycles. The maximum absolute atomic E-state index is 14.7. The van der Waals surface area contributed by atoms with Crippen LogP contribution in [0.25, 0.3) is 5.57 Å². The number of benzene rings is 3. The average molecular weight is 721 g/mol. The molecular weight excluding hydrogens is 677 g/mol. The van der Waals surface area contributed by atoms with Crippen LogP contribution in [0.5, 0.6) is 11.5 Å². The number of piperazine rings is 1. The molecule has 50 heavy (non-hydrogen) atoms. The van der Waals surface area contributed by atoms with Gasteiger partial charge in [-0.05, 0) is 97.7 Å². The zero-order chi connectivity index (χ0) is 35.4. The summed E-state index contributed by atoms with van der Waals surface area (Å²) in [5.41, 5.74) is 5.67. The first-order valence-corrected chi connectivity index (χ1v) is 18.0. The van der Waals surface area contributed by atoms with Crippen LogP contribution in [0.1, 0.15) is 60.8 Å². The molecule has 0 radical (unpaired) electrons. The van der Waals surface area contributed by atoms with Gasteiger partial charge in [0.1, 0.15) is 24.7 Å². The number of fused-ring (bicyclic) bond motifs is 2. The Hall–Kier alpha value is -4.05. The molecule has 0 aromatic heterocycles. The highest BCUT2D eigenvalue weighted by Gasteiger charge is 2.43. The molecule has 2 fully saturated rings. The maximum atomic E-state index is 14.7. The van der Waals surface area contributed by atoms with Gasteiger partial charge in [0.2, 0.25) is 5.91 Å². The largest absolute Gasteiger partial charge is 0.490 e. The monoisotopic (exact) mass is 719 g/mol. The fourth-order valence-corrected chi connectivity index (χ4v) is 7.23. The van der Waals surface area contributed by atoms with Gasteiger partial charge in [-0.15, -0.1) is 0 Å². The Morgan fingerprint density at radius 3 is 2.36 bits per heavy atom. The van der Waals surface area contributed by atoms with E-state index >= 15 is 0 Å². The van der Waals surface area contributed by atoms with Gasteiger partial charge in [0.25, 0.3) is 5.91 Å². The number of carbonyl (C=O) groups is 3. The quantitative estimate of drug-likeness (QED) is 0.176. The Kier molecular flexibility index (Phi) is 11.4. The number of nitrogens with one attached hydrogen (secondary N) is 1. The van der Waals surface area contributed by atoms with Crippen LogP contribution in [0.15, 0.2) is 66.2 Å². The molecule has 3 aliphatic rings. The summed E-state index contributed by atoms with van der Waals surface area (Å²) in [6.07, 6.45) is 2.82. The number of hydrogen-bond donors (Lipinski definition) is 2. The van der Waals surface area contributed by atoms with Crippen molar-refractivity contribution in [3.8, 4) is 11.5 Å². The van der Waals surface area contributed by atoms with Crippen molar-refractivity contribution < 1.29 is 29.0 Å². The van der Waals surface area contributed by atoms with Crippen molar-refractivity contribution in [2.45, 2.75) is 77.0 Å². The first kappa shape index (κ1) is 35.8. The van der Waals surface area contributed by atoms with Crippen LogP contribution >= 0.6 is 23.2 Å². The number of carboxylic acids is 1. The number of carboxylic acid groups (broad SMARTS) is 1. The van der Waals surface area contributed by atoms with Gasteiger partial charge in [-0.3, -0.25) is 14.4 Å². The van der Waals surface area contributed by atoms with Crippen molar-refractivity contribution in [3.05, 3.63) is 98.5 Å². The molecule has 6 rings (SSSR count). The van der Waals surface area contributed by atoms with Crippen LogP contribution in [-0.4, -0.2) is 77.1 Å². The molecule has 2 heterocycles. The predicted molar refractivity (Wildman–Crippen MR) is 194 cm³/mol. The molecule has 1 saturated heterocycles. The molecule has 1 saturated carbocycles. The van der Waals surface area contributed by atoms with E-state index in [1.165, 1.54) is 0 Å². The highest BCUT2D eigenvalue weighted by Crippen LogP contribution is 2.38. The summed E-state index contributed by atoms with van der Waals surface area (Å²) in [5, 5.41) is 13.9. The Morgan fingerprint density at radius 2 is 1.64 bits per heavy atom. The zero-order valence-corrected chi connectivity index (χ0v) is 29.9. The Morgan fingerprint density at radius 1 is 0.920 bits per heavy atom. The average Bonchev–Trinajstić information content (AvgIpc) is 3.93. The number of ether oxygens (including phenoxy) is 2. The van der Waals surface area contributed by atoms with E-state index in [9.17, 15) is 14.4 Å². The number of carbonyl (C=O) groups excluding carboxylic acids is 2. The Labute approximate surface area is 303 Å². The minimum absolute atomic E-state index is 0.0491. The van der Waals surface area contributed by atoms with E-state index in [0.717, 1.165) is 40.7 Å². The molecule has 2 aliphatic heterocycles. The van der Waals surface area contributed by atoms with Gasteiger partial charge in [-0.2, -0.15) is 0 Å². The van der Waals surface area contributed by atoms with Crippen molar-refractivity contribution in [1.29, 1.82) is 0 Å². The Balaban J connectivity index is 1.22. The van der Waals surface area contributed by atoms with Crippen molar-refractivity contribution in [2.24, 2.45) is 0 Å². The number of hydrogen-bond acceptors (Lipinski definition) is 6. The van der Waals surface area contributed by atoms with Crippen molar-refractivity contribution in [1.82, 2.24) is 15.1 Å². The molecular formula is C39H43Cl2N3O6. The molecule has 2 atom stereocenters. The standard InChI is InChI=1S/C39H43Cl2N3O6/c1-24-18-33(41)35(19-25(24)2)50-17-16-49-30-14-10-26(11-15-30)31-20-28-22-43(36(45)8-5-9-37(46)47)23-34(42-28)38(31)39(48)44(29-12-13-29)21-27-6-3-4-7-32(27)40/h3-4,6-7,10-11,14-15,18-19,28-29,34,42H,5,8-9,12-13,16-17,20-23H2,1-2H3,(H,46,47). The van der Waals surface area contributed by atoms with Gasteiger partial charge in [0, 0.05) is 55.2 Å². The normalized spacial score (nSPS) is 18.5. The van der Waals surface area contributed by atoms with Crippen molar-refractivity contribution in [3.63, 3.8) is 0 Å². The number of halogens is 2. The Bertz CT molecular complexity index is 1770. The molecule has 0 spiro atoms. The molecule has 2 amide bonds. The zero-order valence-electron chi connectivity index (χ0n) is 28.4. The lowest BCUT2D eigenvalue weighted by Crippen LogP contribution is -2.62. The van der Waals surface area contributed by atoms with Gasteiger partial charge in [0.05, 0.1) is 11.1 Å². The number of nitrogens with zero attached hydrogens (tertiary/aromatic N) is 2.